The maximum absolute atomic E-state index is 12.0. The van der Waals surface area contributed by atoms with Crippen molar-refractivity contribution >= 4 is 11.6 Å². The molecule has 0 atom stereocenters. The van der Waals surface area contributed by atoms with Crippen molar-refractivity contribution < 1.29 is 22.7 Å². The Balaban J connectivity index is 1.63. The van der Waals surface area contributed by atoms with Gasteiger partial charge in [0.2, 0.25) is 5.91 Å². The molecule has 1 N–H and O–H groups in total. The van der Waals surface area contributed by atoms with Gasteiger partial charge in [0.25, 0.3) is 0 Å². The van der Waals surface area contributed by atoms with Gasteiger partial charge in [-0.15, -0.1) is 5.10 Å². The Labute approximate surface area is 134 Å². The number of ether oxygens (including phenoxy) is 1. The Morgan fingerprint density at radius 1 is 1.38 bits per heavy atom. The minimum atomic E-state index is -4.46. The first kappa shape index (κ1) is 16.4. The van der Waals surface area contributed by atoms with Crippen LogP contribution in [0, 0.1) is 0 Å². The predicted molar refractivity (Wildman–Crippen MR) is 77.0 cm³/mol. The number of halogens is 3. The van der Waals surface area contributed by atoms with E-state index in [1.807, 2.05) is 0 Å². The first-order valence-electron chi connectivity index (χ1n) is 7.25. The molecule has 0 radical (unpaired) electrons. The first-order chi connectivity index (χ1) is 11.4. The van der Waals surface area contributed by atoms with E-state index in [4.69, 9.17) is 0 Å². The summed E-state index contributed by atoms with van der Waals surface area (Å²) in [6, 6.07) is 7.07. The third-order valence-corrected chi connectivity index (χ3v) is 3.29. The molecule has 1 amide bonds. The number of hydrogen-bond donors (Lipinski definition) is 1. The molecule has 128 valence electrons. The Morgan fingerprint density at radius 2 is 2.17 bits per heavy atom. The predicted octanol–water partition coefficient (Wildman–Crippen LogP) is 2.19. The van der Waals surface area contributed by atoms with E-state index < -0.39 is 25.3 Å². The quantitative estimate of drug-likeness (QED) is 0.871. The summed E-state index contributed by atoms with van der Waals surface area (Å²) in [6.07, 6.45) is -2.42. The average molecular weight is 341 g/mol. The van der Waals surface area contributed by atoms with Crippen LogP contribution < -0.4 is 5.32 Å². The van der Waals surface area contributed by atoms with Gasteiger partial charge in [0.05, 0.1) is 6.04 Å². The number of amides is 1. The van der Waals surface area contributed by atoms with Gasteiger partial charge in [-0.2, -0.15) is 13.2 Å². The maximum Gasteiger partial charge on any atom is 0.411 e. The summed E-state index contributed by atoms with van der Waals surface area (Å²) in [5.74, 6) is -0.0832. The number of anilines is 1. The molecule has 0 saturated heterocycles. The van der Waals surface area contributed by atoms with Crippen molar-refractivity contribution in [3.05, 3.63) is 24.3 Å². The van der Waals surface area contributed by atoms with Crippen LogP contribution in [-0.2, 0) is 9.53 Å². The molecule has 1 heterocycles. The van der Waals surface area contributed by atoms with Crippen LogP contribution in [0.5, 0.6) is 0 Å². The molecule has 7 nitrogen and oxygen atoms in total. The summed E-state index contributed by atoms with van der Waals surface area (Å²) in [7, 11) is 0. The summed E-state index contributed by atoms with van der Waals surface area (Å²) in [5.41, 5.74) is 1.14. The van der Waals surface area contributed by atoms with Gasteiger partial charge in [-0.3, -0.25) is 4.79 Å². The van der Waals surface area contributed by atoms with Gasteiger partial charge in [-0.1, -0.05) is 12.1 Å². The van der Waals surface area contributed by atoms with Crippen molar-refractivity contribution in [2.75, 3.05) is 18.5 Å². The highest BCUT2D eigenvalue weighted by molar-refractivity contribution is 5.92. The summed E-state index contributed by atoms with van der Waals surface area (Å²) in [4.78, 5) is 11.6. The summed E-state index contributed by atoms with van der Waals surface area (Å²) < 4.78 is 42.0. The Bertz CT molecular complexity index is 727. The van der Waals surface area contributed by atoms with E-state index >= 15 is 0 Å². The van der Waals surface area contributed by atoms with E-state index in [2.05, 4.69) is 25.6 Å². The van der Waals surface area contributed by atoms with E-state index in [0.29, 0.717) is 23.1 Å². The highest BCUT2D eigenvalue weighted by Gasteiger charge is 2.29. The average Bonchev–Trinajstić information content (AvgIpc) is 3.23. The van der Waals surface area contributed by atoms with E-state index in [0.717, 1.165) is 12.8 Å². The molecule has 3 rings (SSSR count). The van der Waals surface area contributed by atoms with E-state index in [9.17, 15) is 18.0 Å². The molecular formula is C14H14F3N5O2. The van der Waals surface area contributed by atoms with Crippen molar-refractivity contribution in [3.63, 3.8) is 0 Å². The molecule has 1 aromatic heterocycles. The van der Waals surface area contributed by atoms with Crippen LogP contribution in [0.25, 0.3) is 11.4 Å². The number of carbonyl (C=O) groups is 1. The Kier molecular flexibility index (Phi) is 4.47. The second kappa shape index (κ2) is 6.56. The van der Waals surface area contributed by atoms with Crippen LogP contribution in [0.3, 0.4) is 0 Å². The number of rotatable bonds is 6. The number of benzene rings is 1. The van der Waals surface area contributed by atoms with Gasteiger partial charge in [-0.05, 0) is 35.4 Å². The van der Waals surface area contributed by atoms with E-state index in [1.54, 1.807) is 28.9 Å². The Hall–Kier alpha value is -2.49. The molecule has 24 heavy (non-hydrogen) atoms. The monoisotopic (exact) mass is 341 g/mol. The molecule has 1 aliphatic carbocycles. The Morgan fingerprint density at radius 3 is 2.88 bits per heavy atom. The lowest BCUT2D eigenvalue weighted by Gasteiger charge is -2.09. The molecule has 2 aromatic rings. The highest BCUT2D eigenvalue weighted by atomic mass is 19.4. The molecule has 1 fully saturated rings. The number of carbonyl (C=O) groups excluding carboxylic acids is 1. The van der Waals surface area contributed by atoms with Gasteiger partial charge >= 0.3 is 6.18 Å². The lowest BCUT2D eigenvalue weighted by Crippen LogP contribution is -2.24. The zero-order valence-corrected chi connectivity index (χ0v) is 12.5. The molecule has 1 aromatic carbocycles. The number of alkyl halides is 3. The molecule has 0 spiro atoms. The van der Waals surface area contributed by atoms with Crippen LogP contribution >= 0.6 is 0 Å². The van der Waals surface area contributed by atoms with Crippen molar-refractivity contribution in [1.82, 2.24) is 20.2 Å². The molecule has 10 heteroatoms. The number of nitrogens with one attached hydrogen (secondary N) is 1. The standard InChI is InChI=1S/C14H14F3N5O2/c15-14(16,17)8-24-7-12(23)18-10-3-1-2-9(6-10)13-19-20-21-22(13)11-4-5-11/h1-3,6,11H,4-5,7-8H2,(H,18,23). The van der Waals surface area contributed by atoms with Crippen LogP contribution in [0.1, 0.15) is 18.9 Å². The lowest BCUT2D eigenvalue weighted by molar-refractivity contribution is -0.174. The SMILES string of the molecule is O=C(COCC(F)(F)F)Nc1cccc(-c2nnnn2C2CC2)c1. The smallest absolute Gasteiger partial charge is 0.362 e. The first-order valence-corrected chi connectivity index (χ1v) is 7.25. The lowest BCUT2D eigenvalue weighted by atomic mass is 10.2. The molecular weight excluding hydrogens is 327 g/mol. The van der Waals surface area contributed by atoms with Gasteiger partial charge in [0, 0.05) is 11.3 Å². The number of hydrogen-bond acceptors (Lipinski definition) is 5. The molecule has 0 aliphatic heterocycles. The number of tetrazole rings is 1. The number of aromatic nitrogens is 4. The third kappa shape index (κ3) is 4.28. The topological polar surface area (TPSA) is 81.9 Å². The minimum absolute atomic E-state index is 0.295. The zero-order valence-electron chi connectivity index (χ0n) is 12.5. The highest BCUT2D eigenvalue weighted by Crippen LogP contribution is 2.36. The van der Waals surface area contributed by atoms with Gasteiger partial charge in [0.15, 0.2) is 5.82 Å². The fourth-order valence-corrected chi connectivity index (χ4v) is 2.14. The second-order valence-electron chi connectivity index (χ2n) is 5.42. The minimum Gasteiger partial charge on any atom is -0.362 e. The number of nitrogens with zero attached hydrogens (tertiary/aromatic N) is 4. The van der Waals surface area contributed by atoms with Crippen molar-refractivity contribution in [2.24, 2.45) is 0 Å². The van der Waals surface area contributed by atoms with Gasteiger partial charge < -0.3 is 10.1 Å². The van der Waals surface area contributed by atoms with Crippen LogP contribution in [0.15, 0.2) is 24.3 Å². The van der Waals surface area contributed by atoms with Crippen LogP contribution in [-0.4, -0.2) is 45.5 Å². The zero-order chi connectivity index (χ0) is 17.2. The summed E-state index contributed by atoms with van der Waals surface area (Å²) in [5, 5.41) is 14.1. The fourth-order valence-electron chi connectivity index (χ4n) is 2.14. The van der Waals surface area contributed by atoms with Gasteiger partial charge in [0.1, 0.15) is 13.2 Å². The van der Waals surface area contributed by atoms with Crippen LogP contribution in [0.2, 0.25) is 0 Å². The normalized spacial score (nSPS) is 14.6. The fraction of sp³-hybridized carbons (Fsp3) is 0.429. The van der Waals surface area contributed by atoms with Crippen molar-refractivity contribution in [2.45, 2.75) is 25.1 Å². The third-order valence-electron chi connectivity index (χ3n) is 3.29. The van der Waals surface area contributed by atoms with E-state index in [1.165, 1.54) is 0 Å². The maximum atomic E-state index is 12.0. The van der Waals surface area contributed by atoms with Gasteiger partial charge in [-0.25, -0.2) is 4.68 Å². The van der Waals surface area contributed by atoms with E-state index in [-0.39, 0.29) is 0 Å². The van der Waals surface area contributed by atoms with Crippen LogP contribution in [0.4, 0.5) is 18.9 Å². The summed E-state index contributed by atoms with van der Waals surface area (Å²) in [6.45, 7) is -2.14. The van der Waals surface area contributed by atoms with Crippen molar-refractivity contribution in [1.29, 1.82) is 0 Å². The largest absolute Gasteiger partial charge is 0.411 e. The molecule has 0 bridgehead atoms. The molecule has 1 aliphatic rings. The second-order valence-corrected chi connectivity index (χ2v) is 5.42. The molecule has 0 unspecified atom stereocenters. The molecule has 1 saturated carbocycles. The van der Waals surface area contributed by atoms with Crippen molar-refractivity contribution in [3.8, 4) is 11.4 Å². The summed E-state index contributed by atoms with van der Waals surface area (Å²) >= 11 is 0.